The molecule has 2 heterocycles. The van der Waals surface area contributed by atoms with Gasteiger partial charge in [-0.3, -0.25) is 9.59 Å². The average molecular weight is 328 g/mol. The fourth-order valence-corrected chi connectivity index (χ4v) is 2.28. The van der Waals surface area contributed by atoms with Gasteiger partial charge in [0, 0.05) is 18.7 Å². The smallest absolute Gasteiger partial charge is 0.323 e. The van der Waals surface area contributed by atoms with Gasteiger partial charge >= 0.3 is 5.69 Å². The number of benzene rings is 1. The molecule has 0 bridgehead atoms. The minimum atomic E-state index is -0.303. The van der Waals surface area contributed by atoms with Crippen LogP contribution < -0.4 is 16.3 Å². The van der Waals surface area contributed by atoms with Gasteiger partial charge in [0.2, 0.25) is 5.91 Å². The zero-order valence-electron chi connectivity index (χ0n) is 12.7. The normalized spacial score (nSPS) is 10.7. The number of rotatable bonds is 6. The zero-order chi connectivity index (χ0) is 16.9. The van der Waals surface area contributed by atoms with Gasteiger partial charge in [-0.25, -0.2) is 4.79 Å². The van der Waals surface area contributed by atoms with Crippen molar-refractivity contribution in [2.75, 3.05) is 11.9 Å². The molecule has 0 aliphatic carbocycles. The Morgan fingerprint density at radius 3 is 2.75 bits per heavy atom. The molecule has 2 amide bonds. The first-order chi connectivity index (χ1) is 11.6. The zero-order valence-corrected chi connectivity index (χ0v) is 12.7. The third-order valence-electron chi connectivity index (χ3n) is 3.41. The van der Waals surface area contributed by atoms with Gasteiger partial charge in [0.25, 0.3) is 5.91 Å². The lowest BCUT2D eigenvalue weighted by molar-refractivity contribution is -0.116. The molecule has 3 aromatic rings. The van der Waals surface area contributed by atoms with Crippen molar-refractivity contribution in [3.8, 4) is 0 Å². The number of aromatic nitrogens is 2. The SMILES string of the molecule is O=C(CCCNC(=O)c1ccco1)Nc1ccc2[nH]c(=O)[nH]c2c1. The van der Waals surface area contributed by atoms with Gasteiger partial charge in [-0.15, -0.1) is 0 Å². The highest BCUT2D eigenvalue weighted by Crippen LogP contribution is 2.14. The lowest BCUT2D eigenvalue weighted by Crippen LogP contribution is -2.25. The van der Waals surface area contributed by atoms with Gasteiger partial charge in [-0.05, 0) is 36.8 Å². The molecule has 0 atom stereocenters. The molecular formula is C16H16N4O4. The summed E-state index contributed by atoms with van der Waals surface area (Å²) >= 11 is 0. The first-order valence-corrected chi connectivity index (χ1v) is 7.45. The Kier molecular flexibility index (Phi) is 4.46. The maximum absolute atomic E-state index is 11.9. The molecule has 0 aliphatic heterocycles. The monoisotopic (exact) mass is 328 g/mol. The Morgan fingerprint density at radius 2 is 1.96 bits per heavy atom. The van der Waals surface area contributed by atoms with Crippen molar-refractivity contribution in [3.63, 3.8) is 0 Å². The van der Waals surface area contributed by atoms with Crippen molar-refractivity contribution < 1.29 is 14.0 Å². The van der Waals surface area contributed by atoms with E-state index in [4.69, 9.17) is 4.42 Å². The molecule has 0 unspecified atom stereocenters. The number of aromatic amines is 2. The van der Waals surface area contributed by atoms with E-state index in [1.807, 2.05) is 0 Å². The van der Waals surface area contributed by atoms with Crippen LogP contribution in [0.3, 0.4) is 0 Å². The second-order valence-electron chi connectivity index (χ2n) is 5.22. The quantitative estimate of drug-likeness (QED) is 0.514. The Hall–Kier alpha value is -3.29. The predicted octanol–water partition coefficient (Wildman–Crippen LogP) is 1.60. The van der Waals surface area contributed by atoms with Crippen molar-refractivity contribution in [1.82, 2.24) is 15.3 Å². The minimum absolute atomic E-state index is 0.167. The highest BCUT2D eigenvalue weighted by molar-refractivity contribution is 5.93. The summed E-state index contributed by atoms with van der Waals surface area (Å²) < 4.78 is 4.97. The molecule has 0 aliphatic rings. The summed E-state index contributed by atoms with van der Waals surface area (Å²) in [5.74, 6) is -0.227. The first-order valence-electron chi connectivity index (χ1n) is 7.45. The van der Waals surface area contributed by atoms with Crippen LogP contribution >= 0.6 is 0 Å². The molecule has 124 valence electrons. The van der Waals surface area contributed by atoms with Crippen LogP contribution in [-0.2, 0) is 4.79 Å². The molecule has 8 heteroatoms. The van der Waals surface area contributed by atoms with Crippen molar-refractivity contribution in [3.05, 3.63) is 52.8 Å². The second kappa shape index (κ2) is 6.86. The number of hydrogen-bond acceptors (Lipinski definition) is 4. The van der Waals surface area contributed by atoms with Crippen LogP contribution in [0, 0.1) is 0 Å². The van der Waals surface area contributed by atoms with E-state index in [1.165, 1.54) is 6.26 Å². The number of carbonyl (C=O) groups is 2. The molecule has 0 saturated heterocycles. The average Bonchev–Trinajstić information content (AvgIpc) is 3.19. The number of hydrogen-bond donors (Lipinski definition) is 4. The summed E-state index contributed by atoms with van der Waals surface area (Å²) in [6, 6.07) is 8.32. The van der Waals surface area contributed by atoms with Crippen LogP contribution in [0.5, 0.6) is 0 Å². The standard InChI is InChI=1S/C16H16N4O4/c21-14(4-1-7-17-15(22)13-3-2-8-24-13)18-10-5-6-11-12(9-10)20-16(23)19-11/h2-3,5-6,8-9H,1,4,7H2,(H,17,22)(H,18,21)(H2,19,20,23). The molecule has 0 saturated carbocycles. The summed E-state index contributed by atoms with van der Waals surface area (Å²) in [4.78, 5) is 40.0. The van der Waals surface area contributed by atoms with Crippen LogP contribution in [-0.4, -0.2) is 28.3 Å². The third kappa shape index (κ3) is 3.72. The van der Waals surface area contributed by atoms with E-state index < -0.39 is 0 Å². The van der Waals surface area contributed by atoms with E-state index in [0.717, 1.165) is 0 Å². The van der Waals surface area contributed by atoms with Gasteiger partial charge in [-0.2, -0.15) is 0 Å². The Morgan fingerprint density at radius 1 is 1.12 bits per heavy atom. The molecule has 0 fully saturated rings. The molecule has 8 nitrogen and oxygen atoms in total. The van der Waals surface area contributed by atoms with E-state index in [-0.39, 0.29) is 29.7 Å². The van der Waals surface area contributed by atoms with Crippen LogP contribution in [0.25, 0.3) is 11.0 Å². The van der Waals surface area contributed by atoms with Gasteiger partial charge < -0.3 is 25.0 Å². The van der Waals surface area contributed by atoms with Crippen molar-refractivity contribution in [2.24, 2.45) is 0 Å². The fourth-order valence-electron chi connectivity index (χ4n) is 2.28. The predicted molar refractivity (Wildman–Crippen MR) is 87.8 cm³/mol. The maximum Gasteiger partial charge on any atom is 0.323 e. The highest BCUT2D eigenvalue weighted by Gasteiger charge is 2.08. The molecule has 4 N–H and O–H groups in total. The van der Waals surface area contributed by atoms with E-state index in [2.05, 4.69) is 20.6 Å². The number of H-pyrrole nitrogens is 2. The van der Waals surface area contributed by atoms with Crippen molar-refractivity contribution in [2.45, 2.75) is 12.8 Å². The summed E-state index contributed by atoms with van der Waals surface area (Å²) in [5, 5.41) is 5.43. The number of imidazole rings is 1. The fraction of sp³-hybridized carbons (Fsp3) is 0.188. The van der Waals surface area contributed by atoms with Gasteiger partial charge in [0.05, 0.1) is 17.3 Å². The van der Waals surface area contributed by atoms with Gasteiger partial charge in [0.1, 0.15) is 0 Å². The van der Waals surface area contributed by atoms with Gasteiger partial charge in [0.15, 0.2) is 5.76 Å². The number of carbonyl (C=O) groups excluding carboxylic acids is 2. The number of fused-ring (bicyclic) bond motifs is 1. The molecule has 1 aromatic carbocycles. The van der Waals surface area contributed by atoms with Crippen molar-refractivity contribution in [1.29, 1.82) is 0 Å². The minimum Gasteiger partial charge on any atom is -0.459 e. The van der Waals surface area contributed by atoms with E-state index >= 15 is 0 Å². The second-order valence-corrected chi connectivity index (χ2v) is 5.22. The number of nitrogens with one attached hydrogen (secondary N) is 4. The van der Waals surface area contributed by atoms with E-state index in [1.54, 1.807) is 30.3 Å². The summed E-state index contributed by atoms with van der Waals surface area (Å²) in [5.41, 5.74) is 1.62. The van der Waals surface area contributed by atoms with Crippen LogP contribution in [0.4, 0.5) is 5.69 Å². The topological polar surface area (TPSA) is 120 Å². The highest BCUT2D eigenvalue weighted by atomic mass is 16.3. The number of amides is 2. The van der Waals surface area contributed by atoms with E-state index in [9.17, 15) is 14.4 Å². The largest absolute Gasteiger partial charge is 0.459 e. The molecule has 0 spiro atoms. The number of furan rings is 1. The summed E-state index contributed by atoms with van der Waals surface area (Å²) in [6.07, 6.45) is 2.19. The Balaban J connectivity index is 1.45. The molecule has 3 rings (SSSR count). The Bertz CT molecular complexity index is 908. The molecular weight excluding hydrogens is 312 g/mol. The third-order valence-corrected chi connectivity index (χ3v) is 3.41. The van der Waals surface area contributed by atoms with Gasteiger partial charge in [-0.1, -0.05) is 0 Å². The maximum atomic E-state index is 11.9. The van der Waals surface area contributed by atoms with E-state index in [0.29, 0.717) is 29.7 Å². The van der Waals surface area contributed by atoms with Crippen LogP contribution in [0.15, 0.2) is 45.8 Å². The molecule has 0 radical (unpaired) electrons. The van der Waals surface area contributed by atoms with Crippen LogP contribution in [0.1, 0.15) is 23.4 Å². The molecule has 24 heavy (non-hydrogen) atoms. The summed E-state index contributed by atoms with van der Waals surface area (Å²) in [7, 11) is 0. The lowest BCUT2D eigenvalue weighted by Gasteiger charge is -2.06. The first kappa shape index (κ1) is 15.6. The van der Waals surface area contributed by atoms with Crippen LogP contribution in [0.2, 0.25) is 0 Å². The lowest BCUT2D eigenvalue weighted by atomic mass is 10.2. The Labute approximate surface area is 136 Å². The summed E-state index contributed by atoms with van der Waals surface area (Å²) in [6.45, 7) is 0.372. The molecule has 2 aromatic heterocycles. The number of anilines is 1. The van der Waals surface area contributed by atoms with Crippen molar-refractivity contribution >= 4 is 28.5 Å².